The summed E-state index contributed by atoms with van der Waals surface area (Å²) >= 11 is 0. The number of allylic oxidation sites excluding steroid dienone is 9. The Morgan fingerprint density at radius 1 is 1.16 bits per heavy atom. The maximum atomic E-state index is 12.2. The molecular weight excluding hydrogens is 473 g/mol. The Kier molecular flexibility index (Phi) is 25.0. The molecule has 1 amide bonds. The molecule has 0 aliphatic carbocycles. The minimum atomic E-state index is -4.37. The fourth-order valence-corrected chi connectivity index (χ4v) is 2.23. The third-order valence-electron chi connectivity index (χ3n) is 4.44. The number of rotatable bonds is 9. The molecule has 0 saturated heterocycles. The zero-order valence-electron chi connectivity index (χ0n) is 23.5. The van der Waals surface area contributed by atoms with Crippen molar-refractivity contribution < 1.29 is 18.0 Å². The molecule has 0 bridgehead atoms. The van der Waals surface area contributed by atoms with Crippen LogP contribution in [0.2, 0.25) is 0 Å². The van der Waals surface area contributed by atoms with E-state index in [9.17, 15) is 18.0 Å². The summed E-state index contributed by atoms with van der Waals surface area (Å²) in [6.45, 7) is 23.1. The summed E-state index contributed by atoms with van der Waals surface area (Å²) in [5, 5.41) is 2.92. The van der Waals surface area contributed by atoms with Crippen molar-refractivity contribution in [3.05, 3.63) is 110 Å². The number of halogens is 3. The Hall–Kier alpha value is -3.41. The predicted molar refractivity (Wildman–Crippen MR) is 155 cm³/mol. The minimum Gasteiger partial charge on any atom is -0.355 e. The second-order valence-corrected chi connectivity index (χ2v) is 7.31. The molecule has 1 aromatic heterocycles. The second-order valence-electron chi connectivity index (χ2n) is 7.31. The van der Waals surface area contributed by atoms with Crippen LogP contribution in [0.4, 0.5) is 13.2 Å². The van der Waals surface area contributed by atoms with Crippen LogP contribution in [0.5, 0.6) is 0 Å². The zero-order valence-corrected chi connectivity index (χ0v) is 23.5. The highest BCUT2D eigenvalue weighted by molar-refractivity contribution is 5.80. The van der Waals surface area contributed by atoms with Crippen LogP contribution >= 0.6 is 0 Å². The van der Waals surface area contributed by atoms with Crippen molar-refractivity contribution in [1.82, 2.24) is 10.3 Å². The largest absolute Gasteiger partial charge is 0.415 e. The SMILES string of the molecule is C/C=C\C=C/CCNC(=O)C(C)/C=C\C(C)=C/C.C=C.C=C(/C=C(\C)c1cccnc1)C(F)(F)F.CC. The molecule has 1 rings (SSSR count). The first kappa shape index (κ1) is 38.1. The molecule has 0 saturated carbocycles. The molecule has 0 aromatic carbocycles. The van der Waals surface area contributed by atoms with Crippen LogP contribution in [-0.2, 0) is 4.79 Å². The monoisotopic (exact) mass is 518 g/mol. The van der Waals surface area contributed by atoms with Crippen molar-refractivity contribution in [3.8, 4) is 0 Å². The number of carbonyl (C=O) groups is 1. The summed E-state index contributed by atoms with van der Waals surface area (Å²) in [6, 6.07) is 3.37. The Morgan fingerprint density at radius 2 is 1.78 bits per heavy atom. The van der Waals surface area contributed by atoms with E-state index in [4.69, 9.17) is 0 Å². The highest BCUT2D eigenvalue weighted by atomic mass is 19.4. The van der Waals surface area contributed by atoms with Crippen LogP contribution in [0.15, 0.2) is 104 Å². The number of pyridine rings is 1. The number of aromatic nitrogens is 1. The summed E-state index contributed by atoms with van der Waals surface area (Å²) in [4.78, 5) is 15.5. The van der Waals surface area contributed by atoms with Crippen molar-refractivity contribution in [3.63, 3.8) is 0 Å². The molecule has 3 nitrogen and oxygen atoms in total. The summed E-state index contributed by atoms with van der Waals surface area (Å²) in [6.07, 6.45) is 14.5. The maximum Gasteiger partial charge on any atom is 0.415 e. The van der Waals surface area contributed by atoms with Gasteiger partial charge in [-0.2, -0.15) is 13.2 Å². The summed E-state index contributed by atoms with van der Waals surface area (Å²) in [7, 11) is 0. The van der Waals surface area contributed by atoms with Crippen molar-refractivity contribution in [2.75, 3.05) is 6.54 Å². The van der Waals surface area contributed by atoms with Gasteiger partial charge in [-0.1, -0.05) is 81.5 Å². The van der Waals surface area contributed by atoms with Crippen molar-refractivity contribution in [2.45, 2.75) is 61.1 Å². The van der Waals surface area contributed by atoms with E-state index < -0.39 is 11.7 Å². The van der Waals surface area contributed by atoms with Gasteiger partial charge in [0.2, 0.25) is 5.91 Å². The molecule has 0 spiro atoms. The molecule has 0 radical (unpaired) electrons. The highest BCUT2D eigenvalue weighted by Crippen LogP contribution is 2.27. The van der Waals surface area contributed by atoms with Crippen molar-refractivity contribution >= 4 is 11.5 Å². The number of hydrogen-bond acceptors (Lipinski definition) is 2. The molecule has 1 unspecified atom stereocenters. The Bertz CT molecular complexity index is 893. The molecule has 1 N–H and O–H groups in total. The molecule has 0 aliphatic heterocycles. The van der Waals surface area contributed by atoms with Gasteiger partial charge in [0, 0.05) is 24.5 Å². The van der Waals surface area contributed by atoms with Crippen LogP contribution in [0.3, 0.4) is 0 Å². The molecule has 1 aromatic rings. The van der Waals surface area contributed by atoms with Crippen LogP contribution in [0.1, 0.15) is 60.5 Å². The van der Waals surface area contributed by atoms with Gasteiger partial charge in [-0.15, -0.1) is 13.2 Å². The number of hydrogen-bond donors (Lipinski definition) is 1. The summed E-state index contributed by atoms with van der Waals surface area (Å²) in [5.74, 6) is -0.00555. The number of nitrogens with zero attached hydrogens (tertiary/aromatic N) is 1. The molecule has 0 fully saturated rings. The lowest BCUT2D eigenvalue weighted by molar-refractivity contribution is -0.123. The standard InChI is InChI=1S/C16H25NO.C11H10F3N.C2H6.C2H4/c1-5-7-8-9-10-13-17-16(18)15(4)12-11-14(3)6-2;1-8(6-9(2)11(12,13)14)10-4-3-5-15-7-10;2*1-2/h5-9,11-12,15H,10,13H2,1-4H3,(H,17,18);3-7H,2H2,1H3;1-2H3;1-2H2/b7-5-,9-8-,12-11-,14-6-;8-6+;;. The van der Waals surface area contributed by atoms with Crippen molar-refractivity contribution in [2.24, 2.45) is 5.92 Å². The average Bonchev–Trinajstić information content (AvgIpc) is 2.91. The Balaban J connectivity index is -0.000000555. The molecule has 37 heavy (non-hydrogen) atoms. The first-order chi connectivity index (χ1) is 17.5. The molecule has 6 heteroatoms. The fraction of sp³-hybridized carbons (Fsp3) is 0.355. The van der Waals surface area contributed by atoms with E-state index in [2.05, 4.69) is 30.0 Å². The third kappa shape index (κ3) is 21.6. The topological polar surface area (TPSA) is 42.0 Å². The van der Waals surface area contributed by atoms with Gasteiger partial charge in [0.05, 0.1) is 5.92 Å². The highest BCUT2D eigenvalue weighted by Gasteiger charge is 2.30. The molecule has 1 heterocycles. The van der Waals surface area contributed by atoms with E-state index in [1.807, 2.05) is 84.1 Å². The second kappa shape index (κ2) is 24.3. The van der Waals surface area contributed by atoms with Gasteiger partial charge >= 0.3 is 6.18 Å². The zero-order chi connectivity index (χ0) is 29.3. The summed E-state index contributed by atoms with van der Waals surface area (Å²) < 4.78 is 36.5. The van der Waals surface area contributed by atoms with E-state index in [1.165, 1.54) is 11.8 Å². The molecule has 206 valence electrons. The van der Waals surface area contributed by atoms with E-state index >= 15 is 0 Å². The predicted octanol–water partition coefficient (Wildman–Crippen LogP) is 9.22. The quantitative estimate of drug-likeness (QED) is 0.201. The van der Waals surface area contributed by atoms with Crippen LogP contribution < -0.4 is 5.32 Å². The van der Waals surface area contributed by atoms with Crippen LogP contribution in [-0.4, -0.2) is 23.6 Å². The minimum absolute atomic E-state index is 0.0783. The number of alkyl halides is 3. The van der Waals surface area contributed by atoms with E-state index in [0.717, 1.165) is 12.5 Å². The summed E-state index contributed by atoms with van der Waals surface area (Å²) in [5.41, 5.74) is 1.46. The van der Waals surface area contributed by atoms with Gasteiger partial charge in [0.15, 0.2) is 0 Å². The lowest BCUT2D eigenvalue weighted by Crippen LogP contribution is -2.28. The van der Waals surface area contributed by atoms with Crippen molar-refractivity contribution in [1.29, 1.82) is 0 Å². The fourth-order valence-electron chi connectivity index (χ4n) is 2.23. The Labute approximate surface area is 223 Å². The lowest BCUT2D eigenvalue weighted by Gasteiger charge is -2.07. The molecule has 0 aliphatic rings. The molecular formula is C31H45F3N2O. The van der Waals surface area contributed by atoms with Crippen LogP contribution in [0, 0.1) is 5.92 Å². The van der Waals surface area contributed by atoms with E-state index in [1.54, 1.807) is 25.3 Å². The van der Waals surface area contributed by atoms with Gasteiger partial charge in [-0.3, -0.25) is 9.78 Å². The van der Waals surface area contributed by atoms with Crippen LogP contribution in [0.25, 0.3) is 5.57 Å². The lowest BCUT2D eigenvalue weighted by atomic mass is 10.1. The normalized spacial score (nSPS) is 12.6. The van der Waals surface area contributed by atoms with Gasteiger partial charge in [0.25, 0.3) is 0 Å². The Morgan fingerprint density at radius 3 is 2.27 bits per heavy atom. The first-order valence-electron chi connectivity index (χ1n) is 12.2. The average molecular weight is 519 g/mol. The maximum absolute atomic E-state index is 12.2. The van der Waals surface area contributed by atoms with Gasteiger partial charge in [0.1, 0.15) is 0 Å². The van der Waals surface area contributed by atoms with Gasteiger partial charge in [-0.25, -0.2) is 0 Å². The number of amides is 1. The number of carbonyl (C=O) groups excluding carboxylic acids is 1. The van der Waals surface area contributed by atoms with E-state index in [0.29, 0.717) is 17.7 Å². The van der Waals surface area contributed by atoms with Gasteiger partial charge in [-0.05, 0) is 57.4 Å². The van der Waals surface area contributed by atoms with Gasteiger partial charge < -0.3 is 5.32 Å². The number of nitrogens with one attached hydrogen (secondary N) is 1. The smallest absolute Gasteiger partial charge is 0.355 e. The molecule has 1 atom stereocenters. The first-order valence-corrected chi connectivity index (χ1v) is 12.2. The van der Waals surface area contributed by atoms with E-state index in [-0.39, 0.29) is 11.8 Å². The third-order valence-corrected chi connectivity index (χ3v) is 4.44.